The topological polar surface area (TPSA) is 61.7 Å². The van der Waals surface area contributed by atoms with Crippen molar-refractivity contribution in [3.8, 4) is 11.3 Å². The molecule has 1 amide bonds. The maximum Gasteiger partial charge on any atom is 0.251 e. The smallest absolute Gasteiger partial charge is 0.251 e. The summed E-state index contributed by atoms with van der Waals surface area (Å²) in [5.41, 5.74) is 4.77. The first kappa shape index (κ1) is 26.3. The Balaban J connectivity index is 1.18. The third-order valence-corrected chi connectivity index (χ3v) is 9.28. The first-order chi connectivity index (χ1) is 19.0. The first-order valence-corrected chi connectivity index (χ1v) is 14.9. The van der Waals surface area contributed by atoms with E-state index < -0.39 is 6.17 Å². The third kappa shape index (κ3) is 5.32. The summed E-state index contributed by atoms with van der Waals surface area (Å²) in [6.45, 7) is 6.09. The summed E-state index contributed by atoms with van der Waals surface area (Å²) in [7, 11) is 0. The van der Waals surface area contributed by atoms with Gasteiger partial charge in [0.2, 0.25) is 0 Å². The zero-order valence-corrected chi connectivity index (χ0v) is 23.1. The number of amides is 1. The van der Waals surface area contributed by atoms with Gasteiger partial charge >= 0.3 is 0 Å². The van der Waals surface area contributed by atoms with Gasteiger partial charge in [-0.05, 0) is 87.0 Å². The van der Waals surface area contributed by atoms with Gasteiger partial charge in [0, 0.05) is 43.0 Å². The number of hydrogen-bond acceptors (Lipinski definition) is 5. The minimum atomic E-state index is -0.665. The molecule has 6 rings (SSSR count). The molecule has 2 aliphatic rings. The zero-order chi connectivity index (χ0) is 26.9. The number of piperidine rings is 1. The number of likely N-dealkylation sites (tertiary alicyclic amines) is 1. The molecule has 0 aliphatic carbocycles. The molecule has 4 aromatic rings. The zero-order valence-electron chi connectivity index (χ0n) is 22.3. The van der Waals surface area contributed by atoms with Crippen LogP contribution in [0.5, 0.6) is 0 Å². The minimum absolute atomic E-state index is 0.0677. The Morgan fingerprint density at radius 1 is 1.21 bits per heavy atom. The first-order valence-electron chi connectivity index (χ1n) is 14.1. The summed E-state index contributed by atoms with van der Waals surface area (Å²) < 4.78 is 31.5. The number of hydrogen-bond donors (Lipinski definition) is 2. The molecule has 2 saturated heterocycles. The average Bonchev–Trinajstić information content (AvgIpc) is 3.68. The molecule has 2 N–H and O–H groups in total. The lowest BCUT2D eigenvalue weighted by atomic mass is 10.0. The van der Waals surface area contributed by atoms with Crippen LogP contribution in [0.15, 0.2) is 36.5 Å². The number of carbonyl (C=O) groups is 1. The number of aryl methyl sites for hydroxylation is 1. The van der Waals surface area contributed by atoms with Crippen molar-refractivity contribution in [1.29, 1.82) is 0 Å². The van der Waals surface area contributed by atoms with Crippen molar-refractivity contribution >= 4 is 32.4 Å². The minimum Gasteiger partial charge on any atom is -0.352 e. The van der Waals surface area contributed by atoms with Crippen LogP contribution in [0.2, 0.25) is 0 Å². The number of benzene rings is 2. The molecule has 0 bridgehead atoms. The number of thiazole rings is 1. The third-order valence-electron chi connectivity index (χ3n) is 8.15. The Morgan fingerprint density at radius 3 is 2.79 bits per heavy atom. The lowest BCUT2D eigenvalue weighted by Crippen LogP contribution is -2.36. The Labute approximate surface area is 231 Å². The number of halogens is 2. The predicted octanol–water partition coefficient (Wildman–Crippen LogP) is 5.90. The fourth-order valence-electron chi connectivity index (χ4n) is 5.96. The number of rotatable bonds is 8. The molecule has 0 radical (unpaired) electrons. The fraction of sp³-hybridized carbons (Fsp3) is 0.467. The van der Waals surface area contributed by atoms with E-state index in [1.165, 1.54) is 11.3 Å². The molecule has 1 atom stereocenters. The van der Waals surface area contributed by atoms with Gasteiger partial charge in [-0.1, -0.05) is 24.3 Å². The number of imidazole rings is 1. The van der Waals surface area contributed by atoms with Crippen molar-refractivity contribution in [3.63, 3.8) is 0 Å². The van der Waals surface area contributed by atoms with Gasteiger partial charge in [-0.15, -0.1) is 0 Å². The normalized spacial score (nSPS) is 18.9. The maximum absolute atomic E-state index is 15.1. The molecule has 2 aromatic heterocycles. The van der Waals surface area contributed by atoms with Crippen LogP contribution >= 0.6 is 11.3 Å². The predicted molar refractivity (Wildman–Crippen MR) is 153 cm³/mol. The Hall–Kier alpha value is -2.88. The second-order valence-corrected chi connectivity index (χ2v) is 11.7. The van der Waals surface area contributed by atoms with E-state index in [1.807, 2.05) is 34.9 Å². The van der Waals surface area contributed by atoms with Gasteiger partial charge in [-0.25, -0.2) is 13.8 Å². The van der Waals surface area contributed by atoms with Gasteiger partial charge in [-0.3, -0.25) is 9.20 Å². The van der Waals surface area contributed by atoms with Gasteiger partial charge in [0.1, 0.15) is 12.0 Å². The molecule has 9 heteroatoms. The van der Waals surface area contributed by atoms with Crippen molar-refractivity contribution in [3.05, 3.63) is 59.0 Å². The van der Waals surface area contributed by atoms with Gasteiger partial charge < -0.3 is 15.5 Å². The highest BCUT2D eigenvalue weighted by atomic mass is 32.1. The Bertz CT molecular complexity index is 1480. The number of nitrogens with one attached hydrogen (secondary N) is 2. The highest BCUT2D eigenvalue weighted by molar-refractivity contribution is 7.23. The van der Waals surface area contributed by atoms with Crippen LogP contribution in [0.4, 0.5) is 8.78 Å². The second kappa shape index (κ2) is 11.3. The van der Waals surface area contributed by atoms with Crippen molar-refractivity contribution in [2.24, 2.45) is 0 Å². The summed E-state index contributed by atoms with van der Waals surface area (Å²) in [6, 6.07) is 9.54. The van der Waals surface area contributed by atoms with Crippen LogP contribution < -0.4 is 10.6 Å². The highest BCUT2D eigenvalue weighted by Gasteiger charge is 2.22. The van der Waals surface area contributed by atoms with E-state index in [-0.39, 0.29) is 17.8 Å². The molecule has 0 saturated carbocycles. The number of alkyl halides is 1. The van der Waals surface area contributed by atoms with E-state index in [0.29, 0.717) is 36.2 Å². The van der Waals surface area contributed by atoms with Gasteiger partial charge in [0.15, 0.2) is 4.96 Å². The summed E-state index contributed by atoms with van der Waals surface area (Å²) >= 11 is 1.54. The number of aromatic nitrogens is 2. The molecule has 206 valence electrons. The van der Waals surface area contributed by atoms with E-state index in [1.54, 1.807) is 6.07 Å². The maximum atomic E-state index is 15.1. The molecule has 2 aromatic carbocycles. The van der Waals surface area contributed by atoms with Crippen LogP contribution in [-0.2, 0) is 6.42 Å². The van der Waals surface area contributed by atoms with Gasteiger partial charge in [0.25, 0.3) is 5.91 Å². The van der Waals surface area contributed by atoms with Crippen molar-refractivity contribution in [1.82, 2.24) is 24.9 Å². The molecule has 4 heterocycles. The number of nitrogens with zero attached hydrogens (tertiary/aromatic N) is 3. The van der Waals surface area contributed by atoms with Gasteiger partial charge in [0.05, 0.1) is 15.9 Å². The summed E-state index contributed by atoms with van der Waals surface area (Å²) in [4.78, 5) is 20.9. The van der Waals surface area contributed by atoms with Crippen molar-refractivity contribution in [2.75, 3.05) is 32.7 Å². The molecular formula is C30H35F2N5OS. The van der Waals surface area contributed by atoms with Crippen molar-refractivity contribution in [2.45, 2.75) is 57.7 Å². The van der Waals surface area contributed by atoms with Crippen LogP contribution in [0.1, 0.15) is 66.6 Å². The molecule has 1 unspecified atom stereocenters. The summed E-state index contributed by atoms with van der Waals surface area (Å²) in [5.74, 6) is -0.321. The lowest BCUT2D eigenvalue weighted by Gasteiger charge is -2.28. The summed E-state index contributed by atoms with van der Waals surface area (Å²) in [5, 5.41) is 6.49. The molecule has 39 heavy (non-hydrogen) atoms. The van der Waals surface area contributed by atoms with E-state index in [4.69, 9.17) is 4.98 Å². The standard InChI is InChI=1S/C30H35F2N5OS/c1-2-21-22(29(38)34-13-4-14-36-15-10-20(31)11-16-36)8-9-27-28(21)39-30-35-26(18-37(27)30)23-7-6-19(17-24(23)32)25-5-3-12-33-25/h6-9,17-18,20,25,33H,2-5,10-16H2,1H3,(H,34,38). The molecular weight excluding hydrogens is 516 g/mol. The largest absolute Gasteiger partial charge is 0.352 e. The van der Waals surface area contributed by atoms with E-state index in [2.05, 4.69) is 22.5 Å². The van der Waals surface area contributed by atoms with Crippen LogP contribution in [0, 0.1) is 5.82 Å². The van der Waals surface area contributed by atoms with Gasteiger partial charge in [-0.2, -0.15) is 0 Å². The average molecular weight is 552 g/mol. The Morgan fingerprint density at radius 2 is 2.05 bits per heavy atom. The van der Waals surface area contributed by atoms with Crippen LogP contribution in [0.25, 0.3) is 26.4 Å². The molecule has 6 nitrogen and oxygen atoms in total. The second-order valence-electron chi connectivity index (χ2n) is 10.7. The summed E-state index contributed by atoms with van der Waals surface area (Å²) in [6.07, 6.45) is 6.16. The SMILES string of the molecule is CCc1c(C(=O)NCCCN2CCC(F)CC2)ccc2c1sc1nc(-c3ccc(C4CCCN4)cc3F)cn12. The van der Waals surface area contributed by atoms with Crippen molar-refractivity contribution < 1.29 is 13.6 Å². The molecule has 0 spiro atoms. The lowest BCUT2D eigenvalue weighted by molar-refractivity contribution is 0.0949. The quantitative estimate of drug-likeness (QED) is 0.268. The monoisotopic (exact) mass is 551 g/mol. The highest BCUT2D eigenvalue weighted by Crippen LogP contribution is 2.35. The van der Waals surface area contributed by atoms with E-state index in [9.17, 15) is 9.18 Å². The van der Waals surface area contributed by atoms with E-state index in [0.717, 1.165) is 78.2 Å². The van der Waals surface area contributed by atoms with Crippen LogP contribution in [0.3, 0.4) is 0 Å². The van der Waals surface area contributed by atoms with E-state index >= 15 is 4.39 Å². The molecule has 2 aliphatic heterocycles. The number of fused-ring (bicyclic) bond motifs is 3. The fourth-order valence-corrected chi connectivity index (χ4v) is 7.19. The van der Waals surface area contributed by atoms with Crippen LogP contribution in [-0.4, -0.2) is 59.1 Å². The molecule has 2 fully saturated rings. The number of carbonyl (C=O) groups excluding carboxylic acids is 1. The Kier molecular flexibility index (Phi) is 7.64.